The first-order chi connectivity index (χ1) is 9.03. The van der Waals surface area contributed by atoms with E-state index in [0.29, 0.717) is 19.0 Å². The number of carbonyl (C=O) groups is 1. The van der Waals surface area contributed by atoms with Gasteiger partial charge in [-0.3, -0.25) is 9.69 Å². The number of nitrogens with zero attached hydrogens (tertiary/aromatic N) is 1. The van der Waals surface area contributed by atoms with E-state index in [1.807, 2.05) is 6.92 Å². The van der Waals surface area contributed by atoms with E-state index in [1.165, 1.54) is 0 Å². The van der Waals surface area contributed by atoms with Crippen LogP contribution in [0.3, 0.4) is 0 Å². The predicted octanol–water partition coefficient (Wildman–Crippen LogP) is 1.33. The Bertz CT molecular complexity index is 286. The van der Waals surface area contributed by atoms with Gasteiger partial charge in [0.25, 0.3) is 0 Å². The van der Waals surface area contributed by atoms with Crippen molar-refractivity contribution >= 4 is 5.97 Å². The smallest absolute Gasteiger partial charge is 0.323 e. The third-order valence-electron chi connectivity index (χ3n) is 3.98. The molecule has 0 aromatic carbocycles. The number of aliphatic carboxylic acids is 1. The van der Waals surface area contributed by atoms with Crippen molar-refractivity contribution in [1.82, 2.24) is 10.2 Å². The second-order valence-corrected chi connectivity index (χ2v) is 5.44. The van der Waals surface area contributed by atoms with Crippen molar-refractivity contribution in [3.8, 4) is 0 Å². The summed E-state index contributed by atoms with van der Waals surface area (Å²) in [7, 11) is 0. The fraction of sp³-hybridized carbons (Fsp3) is 0.929. The van der Waals surface area contributed by atoms with Crippen LogP contribution in [-0.2, 0) is 9.53 Å². The highest BCUT2D eigenvalue weighted by molar-refractivity contribution is 5.78. The molecule has 0 aromatic rings. The van der Waals surface area contributed by atoms with Gasteiger partial charge in [-0.25, -0.2) is 0 Å². The Morgan fingerprint density at radius 2 is 2.26 bits per heavy atom. The van der Waals surface area contributed by atoms with Gasteiger partial charge in [-0.15, -0.1) is 0 Å². The molecule has 1 rings (SSSR count). The number of hydrogen-bond donors (Lipinski definition) is 2. The van der Waals surface area contributed by atoms with Gasteiger partial charge in [-0.2, -0.15) is 0 Å². The molecular weight excluding hydrogens is 244 g/mol. The Morgan fingerprint density at radius 1 is 1.53 bits per heavy atom. The number of carboxylic acid groups (broad SMARTS) is 1. The molecule has 0 aliphatic carbocycles. The first kappa shape index (κ1) is 16.4. The molecule has 112 valence electrons. The first-order valence-electron chi connectivity index (χ1n) is 7.33. The minimum Gasteiger partial charge on any atom is -0.480 e. The van der Waals surface area contributed by atoms with Crippen LogP contribution in [0.15, 0.2) is 0 Å². The largest absolute Gasteiger partial charge is 0.480 e. The normalized spacial score (nSPS) is 24.1. The molecule has 0 spiro atoms. The summed E-state index contributed by atoms with van der Waals surface area (Å²) >= 11 is 0. The second kappa shape index (κ2) is 7.82. The van der Waals surface area contributed by atoms with Gasteiger partial charge in [-0.1, -0.05) is 13.8 Å². The van der Waals surface area contributed by atoms with Crippen molar-refractivity contribution in [2.45, 2.75) is 51.6 Å². The molecule has 19 heavy (non-hydrogen) atoms. The number of rotatable bonds is 8. The summed E-state index contributed by atoms with van der Waals surface area (Å²) in [5, 5.41) is 12.4. The molecule has 0 radical (unpaired) electrons. The molecule has 1 aliphatic rings. The molecule has 0 saturated carbocycles. The Kier molecular flexibility index (Phi) is 6.75. The van der Waals surface area contributed by atoms with Crippen molar-refractivity contribution in [2.75, 3.05) is 32.8 Å². The van der Waals surface area contributed by atoms with Crippen molar-refractivity contribution in [1.29, 1.82) is 0 Å². The zero-order valence-corrected chi connectivity index (χ0v) is 12.4. The van der Waals surface area contributed by atoms with Gasteiger partial charge in [-0.05, 0) is 39.3 Å². The molecule has 2 N–H and O–H groups in total. The van der Waals surface area contributed by atoms with Crippen LogP contribution in [0.4, 0.5) is 0 Å². The third kappa shape index (κ3) is 4.75. The maximum Gasteiger partial charge on any atom is 0.323 e. The number of nitrogens with one attached hydrogen (secondary N) is 1. The lowest BCUT2D eigenvalue weighted by Gasteiger charge is -2.36. The Labute approximate surface area is 116 Å². The monoisotopic (exact) mass is 272 g/mol. The van der Waals surface area contributed by atoms with Gasteiger partial charge >= 0.3 is 5.97 Å². The highest BCUT2D eigenvalue weighted by Crippen LogP contribution is 2.16. The predicted molar refractivity (Wildman–Crippen MR) is 75.4 cm³/mol. The standard InChI is InChI=1S/C14H28N2O3/c1-4-12-11-19-10-9-16(12)8-6-7-14(3,13(17)18)15-5-2/h12,15H,4-11H2,1-3H3,(H,17,18). The molecule has 5 nitrogen and oxygen atoms in total. The first-order valence-corrected chi connectivity index (χ1v) is 7.33. The second-order valence-electron chi connectivity index (χ2n) is 5.44. The van der Waals surface area contributed by atoms with E-state index in [4.69, 9.17) is 4.74 Å². The minimum atomic E-state index is -0.803. The number of likely N-dealkylation sites (N-methyl/N-ethyl adjacent to an activating group) is 1. The summed E-state index contributed by atoms with van der Waals surface area (Å²) in [4.78, 5) is 13.7. The Hall–Kier alpha value is -0.650. The lowest BCUT2D eigenvalue weighted by Crippen LogP contribution is -2.50. The third-order valence-corrected chi connectivity index (χ3v) is 3.98. The minimum absolute atomic E-state index is 0.490. The average Bonchev–Trinajstić information content (AvgIpc) is 2.39. The van der Waals surface area contributed by atoms with Gasteiger partial charge in [0.2, 0.25) is 0 Å². The molecular formula is C14H28N2O3. The Balaban J connectivity index is 2.40. The highest BCUT2D eigenvalue weighted by Gasteiger charge is 2.32. The lowest BCUT2D eigenvalue weighted by atomic mass is 9.95. The van der Waals surface area contributed by atoms with E-state index in [1.54, 1.807) is 6.92 Å². The molecule has 1 fully saturated rings. The molecule has 0 bridgehead atoms. The molecule has 1 saturated heterocycles. The zero-order valence-electron chi connectivity index (χ0n) is 12.4. The van der Waals surface area contributed by atoms with Gasteiger partial charge in [0.1, 0.15) is 5.54 Å². The molecule has 5 heteroatoms. The van der Waals surface area contributed by atoms with Gasteiger partial charge in [0, 0.05) is 12.6 Å². The maximum atomic E-state index is 11.3. The quantitative estimate of drug-likeness (QED) is 0.698. The van der Waals surface area contributed by atoms with Crippen molar-refractivity contribution < 1.29 is 14.6 Å². The van der Waals surface area contributed by atoms with Crippen molar-refractivity contribution in [2.24, 2.45) is 0 Å². The average molecular weight is 272 g/mol. The van der Waals surface area contributed by atoms with Crippen LogP contribution in [0.1, 0.15) is 40.0 Å². The number of morpholine rings is 1. The fourth-order valence-corrected chi connectivity index (χ4v) is 2.66. The molecule has 2 unspecified atom stereocenters. The van der Waals surface area contributed by atoms with Gasteiger partial charge in [0.15, 0.2) is 0 Å². The van der Waals surface area contributed by atoms with Crippen molar-refractivity contribution in [3.05, 3.63) is 0 Å². The van der Waals surface area contributed by atoms with E-state index < -0.39 is 11.5 Å². The number of carboxylic acids is 1. The Morgan fingerprint density at radius 3 is 2.84 bits per heavy atom. The lowest BCUT2D eigenvalue weighted by molar-refractivity contribution is -0.144. The van der Waals surface area contributed by atoms with Crippen LogP contribution in [0, 0.1) is 0 Å². The summed E-state index contributed by atoms with van der Waals surface area (Å²) in [6.07, 6.45) is 2.64. The molecule has 0 aromatic heterocycles. The van der Waals surface area contributed by atoms with Gasteiger partial charge in [0.05, 0.1) is 13.2 Å². The van der Waals surface area contributed by atoms with Crippen LogP contribution >= 0.6 is 0 Å². The fourth-order valence-electron chi connectivity index (χ4n) is 2.66. The molecule has 1 aliphatic heterocycles. The molecule has 2 atom stereocenters. The molecule has 0 amide bonds. The summed E-state index contributed by atoms with van der Waals surface area (Å²) in [5.41, 5.74) is -0.803. The summed E-state index contributed by atoms with van der Waals surface area (Å²) in [6, 6.07) is 0.490. The van der Waals surface area contributed by atoms with E-state index >= 15 is 0 Å². The van der Waals surface area contributed by atoms with Crippen LogP contribution < -0.4 is 5.32 Å². The van der Waals surface area contributed by atoms with Gasteiger partial charge < -0.3 is 15.2 Å². The van der Waals surface area contributed by atoms with E-state index in [0.717, 1.165) is 39.1 Å². The van der Waals surface area contributed by atoms with E-state index in [2.05, 4.69) is 17.1 Å². The number of ether oxygens (including phenoxy) is 1. The summed E-state index contributed by atoms with van der Waals surface area (Å²) in [5.74, 6) is -0.761. The molecule has 1 heterocycles. The number of hydrogen-bond acceptors (Lipinski definition) is 4. The summed E-state index contributed by atoms with van der Waals surface area (Å²) in [6.45, 7) is 10.1. The van der Waals surface area contributed by atoms with E-state index in [-0.39, 0.29) is 0 Å². The topological polar surface area (TPSA) is 61.8 Å². The highest BCUT2D eigenvalue weighted by atomic mass is 16.5. The van der Waals surface area contributed by atoms with E-state index in [9.17, 15) is 9.90 Å². The van der Waals surface area contributed by atoms with Crippen LogP contribution in [-0.4, -0.2) is 60.4 Å². The van der Waals surface area contributed by atoms with Crippen LogP contribution in [0.25, 0.3) is 0 Å². The maximum absolute atomic E-state index is 11.3. The zero-order chi connectivity index (χ0) is 14.3. The SMILES string of the molecule is CCNC(C)(CCCN1CCOCC1CC)C(=O)O. The van der Waals surface area contributed by atoms with Crippen molar-refractivity contribution in [3.63, 3.8) is 0 Å². The summed E-state index contributed by atoms with van der Waals surface area (Å²) < 4.78 is 5.48. The van der Waals surface area contributed by atoms with Crippen LogP contribution in [0.2, 0.25) is 0 Å². The van der Waals surface area contributed by atoms with Crippen LogP contribution in [0.5, 0.6) is 0 Å².